The van der Waals surface area contributed by atoms with Crippen LogP contribution < -0.4 is 0 Å². The van der Waals surface area contributed by atoms with Crippen LogP contribution in [0.25, 0.3) is 11.2 Å². The molecule has 116 valence electrons. The summed E-state index contributed by atoms with van der Waals surface area (Å²) < 4.78 is 1.55. The van der Waals surface area contributed by atoms with E-state index < -0.39 is 5.60 Å². The first-order valence-corrected chi connectivity index (χ1v) is 7.14. The molecule has 0 radical (unpaired) electrons. The van der Waals surface area contributed by atoms with Gasteiger partial charge in [-0.15, -0.1) is 5.10 Å². The normalized spacial score (nSPS) is 16.3. The Morgan fingerprint density at radius 1 is 1.35 bits per heavy atom. The Morgan fingerprint density at radius 3 is 2.91 bits per heavy atom. The van der Waals surface area contributed by atoms with E-state index in [2.05, 4.69) is 20.3 Å². The van der Waals surface area contributed by atoms with Crippen LogP contribution in [-0.2, 0) is 12.6 Å². The zero-order valence-corrected chi connectivity index (χ0v) is 12.4. The Bertz CT molecular complexity index is 885. The molecule has 1 N–H and O–H groups in total. The summed E-state index contributed by atoms with van der Waals surface area (Å²) in [6, 6.07) is 5.24. The quantitative estimate of drug-likeness (QED) is 0.721. The smallest absolute Gasteiger partial charge is 0.255 e. The van der Waals surface area contributed by atoms with E-state index in [1.807, 2.05) is 6.07 Å². The van der Waals surface area contributed by atoms with Crippen LogP contribution >= 0.6 is 0 Å². The lowest BCUT2D eigenvalue weighted by Gasteiger charge is -2.46. The Morgan fingerprint density at radius 2 is 2.17 bits per heavy atom. The molecule has 0 aromatic carbocycles. The lowest BCUT2D eigenvalue weighted by molar-refractivity contribution is -0.0865. The highest BCUT2D eigenvalue weighted by molar-refractivity contribution is 5.96. The third-order valence-corrected chi connectivity index (χ3v) is 4.08. The second-order valence-electron chi connectivity index (χ2n) is 5.71. The first-order valence-electron chi connectivity index (χ1n) is 7.14. The van der Waals surface area contributed by atoms with Gasteiger partial charge in [0.15, 0.2) is 5.65 Å². The largest absolute Gasteiger partial charge is 0.381 e. The maximum atomic E-state index is 12.5. The fourth-order valence-electron chi connectivity index (χ4n) is 2.78. The molecule has 3 aromatic rings. The second-order valence-corrected chi connectivity index (χ2v) is 5.71. The number of hydrogen-bond donors (Lipinski definition) is 1. The number of carbonyl (C=O) groups excluding carboxylic acids is 1. The van der Waals surface area contributed by atoms with Crippen LogP contribution in [0, 0.1) is 0 Å². The van der Waals surface area contributed by atoms with E-state index in [1.165, 1.54) is 6.20 Å². The molecule has 0 aliphatic carbocycles. The molecular weight excluding hydrogens is 296 g/mol. The number of pyridine rings is 2. The van der Waals surface area contributed by atoms with Crippen LogP contribution in [-0.4, -0.2) is 54.0 Å². The summed E-state index contributed by atoms with van der Waals surface area (Å²) in [6.45, 7) is 0.464. The summed E-state index contributed by atoms with van der Waals surface area (Å²) in [5, 5.41) is 18.4. The van der Waals surface area contributed by atoms with Crippen LogP contribution in [0.15, 0.2) is 36.8 Å². The summed E-state index contributed by atoms with van der Waals surface area (Å²) >= 11 is 0. The van der Waals surface area contributed by atoms with Crippen molar-refractivity contribution in [2.75, 3.05) is 13.1 Å². The number of likely N-dealkylation sites (tertiary alicyclic amines) is 1. The van der Waals surface area contributed by atoms with E-state index in [9.17, 15) is 9.90 Å². The van der Waals surface area contributed by atoms with Gasteiger partial charge in [0.05, 0.1) is 18.7 Å². The van der Waals surface area contributed by atoms with Crippen molar-refractivity contribution >= 4 is 17.1 Å². The van der Waals surface area contributed by atoms with Crippen LogP contribution in [0.4, 0.5) is 0 Å². The Balaban J connectivity index is 1.54. The maximum absolute atomic E-state index is 12.5. The van der Waals surface area contributed by atoms with Crippen molar-refractivity contribution in [3.05, 3.63) is 47.9 Å². The van der Waals surface area contributed by atoms with Gasteiger partial charge in [0, 0.05) is 31.2 Å². The Hall–Kier alpha value is -2.87. The van der Waals surface area contributed by atoms with Gasteiger partial charge in [-0.2, -0.15) is 0 Å². The molecular formula is C15H14N6O2. The van der Waals surface area contributed by atoms with Gasteiger partial charge in [0.1, 0.15) is 11.1 Å². The molecule has 0 bridgehead atoms. The van der Waals surface area contributed by atoms with E-state index >= 15 is 0 Å². The first kappa shape index (κ1) is 13.8. The molecule has 0 unspecified atom stereocenters. The highest BCUT2D eigenvalue weighted by Crippen LogP contribution is 2.32. The Kier molecular flexibility index (Phi) is 2.88. The van der Waals surface area contributed by atoms with Crippen molar-refractivity contribution in [2.24, 2.45) is 7.05 Å². The van der Waals surface area contributed by atoms with E-state index in [1.54, 1.807) is 41.2 Å². The molecule has 8 heteroatoms. The number of aliphatic hydroxyl groups is 1. The van der Waals surface area contributed by atoms with Gasteiger partial charge in [0.2, 0.25) is 0 Å². The lowest BCUT2D eigenvalue weighted by Crippen LogP contribution is -2.61. The van der Waals surface area contributed by atoms with E-state index in [4.69, 9.17) is 0 Å². The van der Waals surface area contributed by atoms with Crippen molar-refractivity contribution in [3.63, 3.8) is 0 Å². The van der Waals surface area contributed by atoms with Gasteiger partial charge in [-0.1, -0.05) is 11.3 Å². The minimum absolute atomic E-state index is 0.182. The molecule has 8 nitrogen and oxygen atoms in total. The van der Waals surface area contributed by atoms with Crippen molar-refractivity contribution in [3.8, 4) is 0 Å². The number of fused-ring (bicyclic) bond motifs is 1. The van der Waals surface area contributed by atoms with E-state index in [0.29, 0.717) is 22.3 Å². The number of hydrogen-bond acceptors (Lipinski definition) is 6. The predicted octanol–water partition coefficient (Wildman–Crippen LogP) is 0.102. The zero-order chi connectivity index (χ0) is 16.0. The van der Waals surface area contributed by atoms with Crippen molar-refractivity contribution < 1.29 is 9.90 Å². The molecule has 4 rings (SSSR count). The minimum atomic E-state index is -1.03. The first-order chi connectivity index (χ1) is 11.1. The van der Waals surface area contributed by atoms with Crippen molar-refractivity contribution in [1.29, 1.82) is 0 Å². The van der Waals surface area contributed by atoms with E-state index in [-0.39, 0.29) is 19.0 Å². The fourth-order valence-corrected chi connectivity index (χ4v) is 2.78. The molecule has 4 heterocycles. The third-order valence-electron chi connectivity index (χ3n) is 4.08. The van der Waals surface area contributed by atoms with Gasteiger partial charge in [-0.3, -0.25) is 9.78 Å². The highest BCUT2D eigenvalue weighted by Gasteiger charge is 2.45. The molecule has 0 atom stereocenters. The molecule has 1 aliphatic heterocycles. The average molecular weight is 310 g/mol. The number of aromatic nitrogens is 5. The number of β-amino-alcohol motifs (C(OH)–C–C–N with tert-alkyl or cyclic N) is 1. The average Bonchev–Trinajstić information content (AvgIpc) is 2.93. The summed E-state index contributed by atoms with van der Waals surface area (Å²) in [5.41, 5.74) is 1.31. The summed E-state index contributed by atoms with van der Waals surface area (Å²) in [6.07, 6.45) is 4.78. The monoisotopic (exact) mass is 310 g/mol. The molecule has 0 saturated carbocycles. The zero-order valence-electron chi connectivity index (χ0n) is 12.4. The van der Waals surface area contributed by atoms with Crippen molar-refractivity contribution in [1.82, 2.24) is 29.9 Å². The topological polar surface area (TPSA) is 97.0 Å². The fraction of sp³-hybridized carbons (Fsp3) is 0.267. The molecule has 1 aliphatic rings. The number of rotatable bonds is 2. The van der Waals surface area contributed by atoms with Crippen molar-refractivity contribution in [2.45, 2.75) is 5.60 Å². The van der Waals surface area contributed by atoms with E-state index in [0.717, 1.165) is 0 Å². The summed E-state index contributed by atoms with van der Waals surface area (Å²) in [7, 11) is 1.74. The van der Waals surface area contributed by atoms with Gasteiger partial charge in [-0.25, -0.2) is 9.67 Å². The maximum Gasteiger partial charge on any atom is 0.255 e. The standard InChI is InChI=1S/C15H14N6O2/c1-20-13-12(18-19-20)5-10(6-17-13)14(22)21-8-15(23,9-21)11-3-2-4-16-7-11/h2-7,23H,8-9H2,1H3. The summed E-state index contributed by atoms with van der Waals surface area (Å²) in [4.78, 5) is 22.3. The molecule has 1 amide bonds. The summed E-state index contributed by atoms with van der Waals surface area (Å²) in [5.74, 6) is -0.182. The van der Waals surface area contributed by atoms with Crippen LogP contribution in [0.5, 0.6) is 0 Å². The van der Waals surface area contributed by atoms with Gasteiger partial charge in [0.25, 0.3) is 5.91 Å². The highest BCUT2D eigenvalue weighted by atomic mass is 16.3. The molecule has 1 saturated heterocycles. The Labute approximate surface area is 131 Å². The van der Waals surface area contributed by atoms with Crippen LogP contribution in [0.1, 0.15) is 15.9 Å². The predicted molar refractivity (Wildman–Crippen MR) is 80.3 cm³/mol. The number of aryl methyl sites for hydroxylation is 1. The molecule has 1 fully saturated rings. The molecule has 3 aromatic heterocycles. The molecule has 0 spiro atoms. The third kappa shape index (κ3) is 2.15. The lowest BCUT2D eigenvalue weighted by atomic mass is 9.86. The van der Waals surface area contributed by atoms with Gasteiger partial charge >= 0.3 is 0 Å². The van der Waals surface area contributed by atoms with Crippen LogP contribution in [0.3, 0.4) is 0 Å². The number of carbonyl (C=O) groups is 1. The molecule has 23 heavy (non-hydrogen) atoms. The minimum Gasteiger partial charge on any atom is -0.381 e. The van der Waals surface area contributed by atoms with Crippen LogP contribution in [0.2, 0.25) is 0 Å². The SMILES string of the molecule is Cn1nnc2cc(C(=O)N3CC(O)(c4cccnc4)C3)cnc21. The number of nitrogens with zero attached hydrogens (tertiary/aromatic N) is 6. The number of amides is 1. The van der Waals surface area contributed by atoms with Gasteiger partial charge < -0.3 is 10.0 Å². The second kappa shape index (κ2) is 4.82. The van der Waals surface area contributed by atoms with Gasteiger partial charge in [-0.05, 0) is 12.1 Å².